The number of nitrogens with zero attached hydrogens (tertiary/aromatic N) is 4. The molecule has 0 radical (unpaired) electrons. The summed E-state index contributed by atoms with van der Waals surface area (Å²) in [5.41, 5.74) is 2.16. The Balaban J connectivity index is 1.86. The molecule has 0 amide bonds. The van der Waals surface area contributed by atoms with Crippen LogP contribution in [0.25, 0.3) is 17.0 Å². The summed E-state index contributed by atoms with van der Waals surface area (Å²) in [6.45, 7) is 0.797. The van der Waals surface area contributed by atoms with E-state index in [0.29, 0.717) is 5.78 Å². The molecular weight excluding hydrogens is 260 g/mol. The quantitative estimate of drug-likeness (QED) is 0.719. The number of thiophene rings is 1. The molecule has 1 atom stereocenters. The lowest BCUT2D eigenvalue weighted by Crippen LogP contribution is -1.99. The monoisotopic (exact) mass is 272 g/mol. The van der Waals surface area contributed by atoms with E-state index in [2.05, 4.69) is 31.9 Å². The van der Waals surface area contributed by atoms with Gasteiger partial charge in [0.05, 0.1) is 5.69 Å². The zero-order valence-corrected chi connectivity index (χ0v) is 11.0. The van der Waals surface area contributed by atoms with Crippen LogP contribution in [0.4, 0.5) is 0 Å². The molecule has 1 aliphatic rings. The van der Waals surface area contributed by atoms with Gasteiger partial charge in [0.15, 0.2) is 5.82 Å². The van der Waals surface area contributed by atoms with Crippen molar-refractivity contribution in [3.8, 4) is 11.3 Å². The molecule has 4 heterocycles. The van der Waals surface area contributed by atoms with Crippen molar-refractivity contribution in [3.05, 3.63) is 34.9 Å². The first kappa shape index (κ1) is 11.1. The van der Waals surface area contributed by atoms with Crippen molar-refractivity contribution in [2.45, 2.75) is 18.9 Å². The summed E-state index contributed by atoms with van der Waals surface area (Å²) < 4.78 is 7.44. The maximum atomic E-state index is 5.64. The minimum absolute atomic E-state index is 0.0250. The van der Waals surface area contributed by atoms with Gasteiger partial charge < -0.3 is 4.74 Å². The predicted octanol–water partition coefficient (Wildman–Crippen LogP) is 2.70. The van der Waals surface area contributed by atoms with Gasteiger partial charge in [0, 0.05) is 23.7 Å². The molecule has 0 spiro atoms. The Kier molecular flexibility index (Phi) is 2.56. The first-order valence-corrected chi connectivity index (χ1v) is 7.22. The number of rotatable bonds is 2. The third-order valence-electron chi connectivity index (χ3n) is 3.29. The Morgan fingerprint density at radius 2 is 2.37 bits per heavy atom. The van der Waals surface area contributed by atoms with Gasteiger partial charge in [-0.1, -0.05) is 0 Å². The van der Waals surface area contributed by atoms with Crippen molar-refractivity contribution < 1.29 is 4.74 Å². The van der Waals surface area contributed by atoms with Gasteiger partial charge in [-0.25, -0.2) is 4.98 Å². The molecule has 3 aromatic rings. The SMILES string of the molecule is c1cc(-c2ccsc2)n2nc([C@H]3CCCO3)nc2n1. The molecule has 0 aliphatic carbocycles. The highest BCUT2D eigenvalue weighted by Gasteiger charge is 2.23. The fourth-order valence-electron chi connectivity index (χ4n) is 2.36. The van der Waals surface area contributed by atoms with Crippen LogP contribution in [0, 0.1) is 0 Å². The van der Waals surface area contributed by atoms with E-state index < -0.39 is 0 Å². The molecule has 96 valence electrons. The van der Waals surface area contributed by atoms with E-state index in [0.717, 1.165) is 36.5 Å². The highest BCUT2D eigenvalue weighted by Crippen LogP contribution is 2.27. The van der Waals surface area contributed by atoms with Crippen LogP contribution in [-0.4, -0.2) is 26.2 Å². The van der Waals surface area contributed by atoms with Gasteiger partial charge in [0.1, 0.15) is 6.10 Å². The number of ether oxygens (including phenoxy) is 1. The Bertz CT molecular complexity index is 701. The van der Waals surface area contributed by atoms with Crippen molar-refractivity contribution in [2.75, 3.05) is 6.61 Å². The molecule has 6 heteroatoms. The summed E-state index contributed by atoms with van der Waals surface area (Å²) in [5, 5.41) is 8.73. The van der Waals surface area contributed by atoms with Crippen molar-refractivity contribution in [1.29, 1.82) is 0 Å². The summed E-state index contributed by atoms with van der Waals surface area (Å²) in [4.78, 5) is 8.77. The van der Waals surface area contributed by atoms with E-state index in [1.165, 1.54) is 0 Å². The summed E-state index contributed by atoms with van der Waals surface area (Å²) >= 11 is 1.67. The Labute approximate surface area is 113 Å². The zero-order valence-electron chi connectivity index (χ0n) is 10.2. The molecular formula is C13H12N4OS. The van der Waals surface area contributed by atoms with Crippen LogP contribution in [-0.2, 0) is 4.74 Å². The molecule has 1 saturated heterocycles. The van der Waals surface area contributed by atoms with Crippen LogP contribution < -0.4 is 0 Å². The lowest BCUT2D eigenvalue weighted by Gasteiger charge is -2.02. The summed E-state index contributed by atoms with van der Waals surface area (Å²) in [5.74, 6) is 1.38. The van der Waals surface area contributed by atoms with Crippen molar-refractivity contribution in [2.24, 2.45) is 0 Å². The summed E-state index contributed by atoms with van der Waals surface area (Å²) in [6.07, 6.45) is 3.86. The second-order valence-electron chi connectivity index (χ2n) is 4.53. The van der Waals surface area contributed by atoms with Crippen LogP contribution in [0.1, 0.15) is 24.8 Å². The maximum Gasteiger partial charge on any atom is 0.253 e. The van der Waals surface area contributed by atoms with Crippen molar-refractivity contribution in [3.63, 3.8) is 0 Å². The van der Waals surface area contributed by atoms with Gasteiger partial charge >= 0.3 is 0 Å². The average Bonchev–Trinajstić information content (AvgIpc) is 3.18. The molecule has 1 aliphatic heterocycles. The molecule has 0 unspecified atom stereocenters. The highest BCUT2D eigenvalue weighted by molar-refractivity contribution is 7.08. The van der Waals surface area contributed by atoms with Crippen LogP contribution in [0.15, 0.2) is 29.1 Å². The molecule has 4 rings (SSSR count). The minimum atomic E-state index is 0.0250. The zero-order chi connectivity index (χ0) is 12.7. The van der Waals surface area contributed by atoms with Crippen molar-refractivity contribution in [1.82, 2.24) is 19.6 Å². The van der Waals surface area contributed by atoms with E-state index in [9.17, 15) is 0 Å². The molecule has 0 bridgehead atoms. The molecule has 0 N–H and O–H groups in total. The Morgan fingerprint density at radius 3 is 3.16 bits per heavy atom. The summed E-state index contributed by atoms with van der Waals surface area (Å²) in [7, 11) is 0. The standard InChI is InChI=1S/C13H12N4OS/c1-2-11(18-6-1)12-15-13-14-5-3-10(17(13)16-12)9-4-7-19-8-9/h3-5,7-8,11H,1-2,6H2/t11-/m1/s1. The van der Waals surface area contributed by atoms with Gasteiger partial charge in [0.2, 0.25) is 0 Å². The normalized spacial score (nSPS) is 19.3. The van der Waals surface area contributed by atoms with Crippen LogP contribution in [0.5, 0.6) is 0 Å². The lowest BCUT2D eigenvalue weighted by atomic mass is 10.2. The van der Waals surface area contributed by atoms with Gasteiger partial charge in [0.25, 0.3) is 5.78 Å². The fraction of sp³-hybridized carbons (Fsp3) is 0.308. The maximum absolute atomic E-state index is 5.64. The fourth-order valence-corrected chi connectivity index (χ4v) is 3.01. The minimum Gasteiger partial charge on any atom is -0.370 e. The second-order valence-corrected chi connectivity index (χ2v) is 5.31. The second kappa shape index (κ2) is 4.40. The Morgan fingerprint density at radius 1 is 1.37 bits per heavy atom. The van der Waals surface area contributed by atoms with Gasteiger partial charge in [-0.3, -0.25) is 0 Å². The molecule has 0 aromatic carbocycles. The lowest BCUT2D eigenvalue weighted by molar-refractivity contribution is 0.105. The first-order chi connectivity index (χ1) is 9.42. The third-order valence-corrected chi connectivity index (χ3v) is 3.97. The van der Waals surface area contributed by atoms with E-state index >= 15 is 0 Å². The average molecular weight is 272 g/mol. The molecule has 3 aromatic heterocycles. The van der Waals surface area contributed by atoms with Crippen molar-refractivity contribution >= 4 is 17.1 Å². The van der Waals surface area contributed by atoms with E-state index in [-0.39, 0.29) is 6.10 Å². The Hall–Kier alpha value is -1.79. The van der Waals surface area contributed by atoms with Gasteiger partial charge in [-0.2, -0.15) is 20.8 Å². The number of hydrogen-bond acceptors (Lipinski definition) is 5. The van der Waals surface area contributed by atoms with Crippen LogP contribution in [0.2, 0.25) is 0 Å². The highest BCUT2D eigenvalue weighted by atomic mass is 32.1. The van der Waals surface area contributed by atoms with Crippen LogP contribution >= 0.6 is 11.3 Å². The molecule has 5 nitrogen and oxygen atoms in total. The van der Waals surface area contributed by atoms with Gasteiger partial charge in [-0.15, -0.1) is 5.10 Å². The number of aromatic nitrogens is 4. The van der Waals surface area contributed by atoms with E-state index in [1.54, 1.807) is 22.0 Å². The molecule has 1 fully saturated rings. The smallest absolute Gasteiger partial charge is 0.253 e. The van der Waals surface area contributed by atoms with E-state index in [4.69, 9.17) is 4.74 Å². The molecule has 19 heavy (non-hydrogen) atoms. The largest absolute Gasteiger partial charge is 0.370 e. The van der Waals surface area contributed by atoms with Crippen LogP contribution in [0.3, 0.4) is 0 Å². The topological polar surface area (TPSA) is 52.3 Å². The van der Waals surface area contributed by atoms with E-state index in [1.807, 2.05) is 6.07 Å². The third kappa shape index (κ3) is 1.84. The van der Waals surface area contributed by atoms with Gasteiger partial charge in [-0.05, 0) is 30.4 Å². The number of hydrogen-bond donors (Lipinski definition) is 0. The number of fused-ring (bicyclic) bond motifs is 1. The molecule has 0 saturated carbocycles. The predicted molar refractivity (Wildman–Crippen MR) is 72.0 cm³/mol. The first-order valence-electron chi connectivity index (χ1n) is 6.28. The summed E-state index contributed by atoms with van der Waals surface area (Å²) in [6, 6.07) is 4.04.